The van der Waals surface area contributed by atoms with Gasteiger partial charge in [-0.3, -0.25) is 0 Å². The predicted octanol–water partition coefficient (Wildman–Crippen LogP) is 2.85. The molecule has 0 aliphatic heterocycles. The number of benzene rings is 1. The molecule has 0 aromatic heterocycles. The van der Waals surface area contributed by atoms with Gasteiger partial charge in [-0.25, -0.2) is 0 Å². The van der Waals surface area contributed by atoms with Crippen LogP contribution in [-0.2, 0) is 0 Å². The Kier molecular flexibility index (Phi) is 6.76. The van der Waals surface area contributed by atoms with Gasteiger partial charge in [-0.15, -0.1) is 0 Å². The van der Waals surface area contributed by atoms with Crippen molar-refractivity contribution in [1.82, 2.24) is 4.90 Å². The lowest BCUT2D eigenvalue weighted by Crippen LogP contribution is -2.25. The van der Waals surface area contributed by atoms with E-state index < -0.39 is 6.10 Å². The van der Waals surface area contributed by atoms with Crippen molar-refractivity contribution in [3.05, 3.63) is 29.8 Å². The van der Waals surface area contributed by atoms with E-state index in [1.54, 1.807) is 7.11 Å². The van der Waals surface area contributed by atoms with Gasteiger partial charge < -0.3 is 14.7 Å². The fourth-order valence-electron chi connectivity index (χ4n) is 1.97. The molecule has 1 rings (SSSR count). The monoisotopic (exact) mass is 251 g/mol. The van der Waals surface area contributed by atoms with Crippen molar-refractivity contribution in [2.45, 2.75) is 32.3 Å². The second kappa shape index (κ2) is 8.11. The van der Waals surface area contributed by atoms with Gasteiger partial charge >= 0.3 is 0 Å². The first-order valence-corrected chi connectivity index (χ1v) is 6.68. The van der Waals surface area contributed by atoms with Crippen LogP contribution in [0.4, 0.5) is 0 Å². The summed E-state index contributed by atoms with van der Waals surface area (Å²) in [6.45, 7) is 3.90. The number of hydrogen-bond acceptors (Lipinski definition) is 3. The first-order valence-electron chi connectivity index (χ1n) is 6.68. The summed E-state index contributed by atoms with van der Waals surface area (Å²) in [6, 6.07) is 7.63. The van der Waals surface area contributed by atoms with Gasteiger partial charge in [0.05, 0.1) is 13.2 Å². The van der Waals surface area contributed by atoms with Crippen LogP contribution in [0.5, 0.6) is 5.75 Å². The Morgan fingerprint density at radius 3 is 2.78 bits per heavy atom. The molecular weight excluding hydrogens is 226 g/mol. The first kappa shape index (κ1) is 15.0. The molecule has 0 amide bonds. The van der Waals surface area contributed by atoms with Crippen LogP contribution in [0.3, 0.4) is 0 Å². The summed E-state index contributed by atoms with van der Waals surface area (Å²) in [4.78, 5) is 2.18. The van der Waals surface area contributed by atoms with E-state index in [4.69, 9.17) is 4.74 Å². The van der Waals surface area contributed by atoms with Gasteiger partial charge in [-0.2, -0.15) is 0 Å². The largest absolute Gasteiger partial charge is 0.497 e. The number of unbranched alkanes of at least 4 members (excludes halogenated alkanes) is 2. The van der Waals surface area contributed by atoms with Crippen LogP contribution in [0.15, 0.2) is 24.3 Å². The van der Waals surface area contributed by atoms with E-state index in [1.807, 2.05) is 24.3 Å². The Morgan fingerprint density at radius 2 is 2.11 bits per heavy atom. The molecule has 1 N–H and O–H groups in total. The van der Waals surface area contributed by atoms with Crippen molar-refractivity contribution >= 4 is 0 Å². The number of rotatable bonds is 8. The number of likely N-dealkylation sites (N-methyl/N-ethyl adjacent to an activating group) is 1. The Bertz CT molecular complexity index is 341. The molecule has 102 valence electrons. The van der Waals surface area contributed by atoms with Gasteiger partial charge in [0.15, 0.2) is 0 Å². The minimum atomic E-state index is -0.452. The lowest BCUT2D eigenvalue weighted by Gasteiger charge is -2.21. The van der Waals surface area contributed by atoms with E-state index in [1.165, 1.54) is 19.3 Å². The van der Waals surface area contributed by atoms with Crippen molar-refractivity contribution in [3.63, 3.8) is 0 Å². The maximum Gasteiger partial charge on any atom is 0.119 e. The van der Waals surface area contributed by atoms with Gasteiger partial charge in [0.2, 0.25) is 0 Å². The van der Waals surface area contributed by atoms with Crippen molar-refractivity contribution in [2.24, 2.45) is 0 Å². The molecule has 0 aliphatic rings. The maximum absolute atomic E-state index is 10.2. The third-order valence-corrected chi connectivity index (χ3v) is 3.11. The molecule has 0 fully saturated rings. The zero-order valence-corrected chi connectivity index (χ0v) is 11.7. The Balaban J connectivity index is 2.45. The number of nitrogens with zero attached hydrogens (tertiary/aromatic N) is 1. The number of ether oxygens (including phenoxy) is 1. The summed E-state index contributed by atoms with van der Waals surface area (Å²) in [6.07, 6.45) is 3.22. The van der Waals surface area contributed by atoms with Gasteiger partial charge in [0, 0.05) is 6.54 Å². The van der Waals surface area contributed by atoms with E-state index in [-0.39, 0.29) is 0 Å². The van der Waals surface area contributed by atoms with Gasteiger partial charge in [-0.1, -0.05) is 31.9 Å². The third kappa shape index (κ3) is 5.07. The topological polar surface area (TPSA) is 32.7 Å². The van der Waals surface area contributed by atoms with Gasteiger partial charge in [-0.05, 0) is 37.7 Å². The van der Waals surface area contributed by atoms with Crippen LogP contribution in [0.25, 0.3) is 0 Å². The first-order chi connectivity index (χ1) is 8.67. The molecule has 1 unspecified atom stereocenters. The standard InChI is InChI=1S/C15H25NO2/c1-4-5-6-10-16(2)12-15(17)13-8-7-9-14(11-13)18-3/h7-9,11,15,17H,4-6,10,12H2,1-3H3. The van der Waals surface area contributed by atoms with Crippen molar-refractivity contribution in [1.29, 1.82) is 0 Å². The fourth-order valence-corrected chi connectivity index (χ4v) is 1.97. The Hall–Kier alpha value is -1.06. The molecule has 3 heteroatoms. The van der Waals surface area contributed by atoms with Crippen LogP contribution in [0, 0.1) is 0 Å². The summed E-state index contributed by atoms with van der Waals surface area (Å²) in [5.41, 5.74) is 0.914. The van der Waals surface area contributed by atoms with Crippen LogP contribution in [0.1, 0.15) is 37.9 Å². The molecule has 0 saturated carbocycles. The molecule has 1 aromatic rings. The summed E-state index contributed by atoms with van der Waals surface area (Å²) in [5, 5.41) is 10.2. The molecule has 18 heavy (non-hydrogen) atoms. The van der Waals surface area contributed by atoms with E-state index in [9.17, 15) is 5.11 Å². The minimum absolute atomic E-state index is 0.452. The number of aliphatic hydroxyl groups is 1. The van der Waals surface area contributed by atoms with Crippen molar-refractivity contribution < 1.29 is 9.84 Å². The van der Waals surface area contributed by atoms with E-state index in [0.717, 1.165) is 17.9 Å². The second-order valence-electron chi connectivity index (χ2n) is 4.76. The van der Waals surface area contributed by atoms with Gasteiger partial charge in [0.1, 0.15) is 5.75 Å². The summed E-state index contributed by atoms with van der Waals surface area (Å²) in [5.74, 6) is 0.792. The molecule has 0 bridgehead atoms. The lowest BCUT2D eigenvalue weighted by molar-refractivity contribution is 0.125. The normalized spacial score (nSPS) is 12.7. The highest BCUT2D eigenvalue weighted by Gasteiger charge is 2.11. The molecule has 0 saturated heterocycles. The Morgan fingerprint density at radius 1 is 1.33 bits per heavy atom. The summed E-state index contributed by atoms with van der Waals surface area (Å²) >= 11 is 0. The minimum Gasteiger partial charge on any atom is -0.497 e. The van der Waals surface area contributed by atoms with Crippen LogP contribution in [0.2, 0.25) is 0 Å². The molecule has 0 aliphatic carbocycles. The Labute approximate surface area is 110 Å². The van der Waals surface area contributed by atoms with Crippen LogP contribution >= 0.6 is 0 Å². The lowest BCUT2D eigenvalue weighted by atomic mass is 10.1. The highest BCUT2D eigenvalue weighted by atomic mass is 16.5. The third-order valence-electron chi connectivity index (χ3n) is 3.11. The highest BCUT2D eigenvalue weighted by Crippen LogP contribution is 2.19. The van der Waals surface area contributed by atoms with Crippen LogP contribution < -0.4 is 4.74 Å². The smallest absolute Gasteiger partial charge is 0.119 e. The van der Waals surface area contributed by atoms with Crippen LogP contribution in [-0.4, -0.2) is 37.3 Å². The summed E-state index contributed by atoms with van der Waals surface area (Å²) < 4.78 is 5.16. The zero-order valence-electron chi connectivity index (χ0n) is 11.7. The second-order valence-corrected chi connectivity index (χ2v) is 4.76. The molecular formula is C15H25NO2. The number of aliphatic hydroxyl groups excluding tert-OH is 1. The number of methoxy groups -OCH3 is 1. The quantitative estimate of drug-likeness (QED) is 0.721. The molecule has 1 aromatic carbocycles. The average Bonchev–Trinajstić information content (AvgIpc) is 2.39. The summed E-state index contributed by atoms with van der Waals surface area (Å²) in [7, 11) is 3.70. The molecule has 3 nitrogen and oxygen atoms in total. The van der Waals surface area contributed by atoms with Crippen molar-refractivity contribution in [3.8, 4) is 5.75 Å². The number of hydrogen-bond donors (Lipinski definition) is 1. The van der Waals surface area contributed by atoms with E-state index in [0.29, 0.717) is 6.54 Å². The molecule has 0 heterocycles. The maximum atomic E-state index is 10.2. The van der Waals surface area contributed by atoms with Gasteiger partial charge in [0.25, 0.3) is 0 Å². The fraction of sp³-hybridized carbons (Fsp3) is 0.600. The van der Waals surface area contributed by atoms with E-state index in [2.05, 4.69) is 18.9 Å². The average molecular weight is 251 g/mol. The molecule has 1 atom stereocenters. The SMILES string of the molecule is CCCCCN(C)CC(O)c1cccc(OC)c1. The molecule has 0 spiro atoms. The molecule has 0 radical (unpaired) electrons. The van der Waals surface area contributed by atoms with E-state index >= 15 is 0 Å². The highest BCUT2D eigenvalue weighted by molar-refractivity contribution is 5.29. The zero-order chi connectivity index (χ0) is 13.4. The van der Waals surface area contributed by atoms with Crippen molar-refractivity contribution in [2.75, 3.05) is 27.2 Å². The predicted molar refractivity (Wildman–Crippen MR) is 75.0 cm³/mol.